The Morgan fingerprint density at radius 3 is 0.909 bits per heavy atom. The topological polar surface area (TPSA) is 72.8 Å². The van der Waals surface area contributed by atoms with E-state index in [4.69, 9.17) is 9.47 Å². The molecule has 0 aliphatic heterocycles. The van der Waals surface area contributed by atoms with Gasteiger partial charge in [-0.25, -0.2) is 0 Å². The van der Waals surface area contributed by atoms with Gasteiger partial charge < -0.3 is 14.6 Å². The number of allylic oxidation sites excluding steroid dienone is 26. The molecular formula is C61H94O5. The number of hydrogen-bond acceptors (Lipinski definition) is 5. The summed E-state index contributed by atoms with van der Waals surface area (Å²) in [6.07, 6.45) is 84.8. The number of unbranched alkanes of at least 4 members (excludes halogenated alkanes) is 11. The van der Waals surface area contributed by atoms with E-state index in [9.17, 15) is 14.7 Å². The third kappa shape index (κ3) is 52.1. The number of rotatable bonds is 45. The molecule has 5 nitrogen and oxygen atoms in total. The summed E-state index contributed by atoms with van der Waals surface area (Å²) in [7, 11) is 0. The molecule has 0 aliphatic rings. The van der Waals surface area contributed by atoms with E-state index < -0.39 is 6.10 Å². The zero-order chi connectivity index (χ0) is 47.7. The third-order valence-electron chi connectivity index (χ3n) is 10.3. The molecule has 1 unspecified atom stereocenters. The number of carbonyl (C=O) groups is 2. The van der Waals surface area contributed by atoms with Crippen LogP contribution < -0.4 is 0 Å². The van der Waals surface area contributed by atoms with Crippen LogP contribution in [-0.2, 0) is 19.1 Å². The van der Waals surface area contributed by atoms with Gasteiger partial charge in [-0.15, -0.1) is 0 Å². The second-order valence-electron chi connectivity index (χ2n) is 16.5. The Morgan fingerprint density at radius 2 is 0.606 bits per heavy atom. The molecule has 0 spiro atoms. The van der Waals surface area contributed by atoms with Crippen molar-refractivity contribution in [2.24, 2.45) is 0 Å². The van der Waals surface area contributed by atoms with Crippen LogP contribution in [0.5, 0.6) is 0 Å². The van der Waals surface area contributed by atoms with Gasteiger partial charge in [0.15, 0.2) is 6.10 Å². The van der Waals surface area contributed by atoms with Crippen molar-refractivity contribution in [3.05, 3.63) is 158 Å². The van der Waals surface area contributed by atoms with E-state index in [1.165, 1.54) is 25.7 Å². The van der Waals surface area contributed by atoms with E-state index in [0.29, 0.717) is 12.8 Å². The standard InChI is InChI=1S/C61H94O5/c1-3-5-7-9-11-13-15-17-19-21-22-23-24-25-26-27-28-29-30-31-32-33-34-35-36-37-38-40-42-44-46-48-50-52-54-56-61(64)66-59(57-62)58-65-60(63)55-53-51-49-47-45-43-41-39-20-18-16-14-12-10-8-6-4-2/h5-8,11-14,17-20,22-23,25-26,28-29,31-32,34-35,37-38,41,43,59,62H,3-4,9-10,15-16,21,24,27,30,33,36,39-40,42,44-58H2,1-2H3/b7-5-,8-6-,13-11-,14-12-,19-17-,20-18-,23-22-,26-25-,29-28-,32-31-,35-34-,38-37-,43-41-. The highest BCUT2D eigenvalue weighted by Gasteiger charge is 2.16. The molecule has 0 aromatic carbocycles. The lowest BCUT2D eigenvalue weighted by Gasteiger charge is -2.15. The molecule has 368 valence electrons. The number of carbonyl (C=O) groups excluding carboxylic acids is 2. The maximum Gasteiger partial charge on any atom is 0.306 e. The Kier molecular flexibility index (Phi) is 51.1. The largest absolute Gasteiger partial charge is 0.462 e. The maximum absolute atomic E-state index is 12.3. The van der Waals surface area contributed by atoms with Crippen LogP contribution in [0, 0.1) is 0 Å². The SMILES string of the molecule is CC/C=C\C/C=C\C/C=C\C/C=C\C/C=C\C/C=C\C/C=C\C/C=C\C/C=C\CCCCCCCCCC(=O)OC(CO)COC(=O)CCCCCC/C=C\C/C=C\C/C=C\C/C=C\CC. The van der Waals surface area contributed by atoms with Crippen molar-refractivity contribution in [2.75, 3.05) is 13.2 Å². The summed E-state index contributed by atoms with van der Waals surface area (Å²) in [6, 6.07) is 0. The monoisotopic (exact) mass is 907 g/mol. The van der Waals surface area contributed by atoms with Crippen LogP contribution in [0.25, 0.3) is 0 Å². The van der Waals surface area contributed by atoms with Gasteiger partial charge in [0, 0.05) is 12.8 Å². The Labute approximate surface area is 405 Å². The summed E-state index contributed by atoms with van der Waals surface area (Å²) in [6.45, 7) is 3.86. The van der Waals surface area contributed by atoms with Crippen molar-refractivity contribution in [3.8, 4) is 0 Å². The molecule has 0 aromatic rings. The second-order valence-corrected chi connectivity index (χ2v) is 16.5. The van der Waals surface area contributed by atoms with Crippen LogP contribution in [0.2, 0.25) is 0 Å². The number of esters is 2. The molecule has 0 rings (SSSR count). The lowest BCUT2D eigenvalue weighted by atomic mass is 10.1. The van der Waals surface area contributed by atoms with Gasteiger partial charge in [0.25, 0.3) is 0 Å². The first kappa shape index (κ1) is 61.5. The maximum atomic E-state index is 12.3. The minimum Gasteiger partial charge on any atom is -0.462 e. The van der Waals surface area contributed by atoms with Crippen molar-refractivity contribution in [1.29, 1.82) is 0 Å². The van der Waals surface area contributed by atoms with Gasteiger partial charge in [0.05, 0.1) is 6.61 Å². The fourth-order valence-electron chi connectivity index (χ4n) is 6.48. The van der Waals surface area contributed by atoms with Gasteiger partial charge in [0.2, 0.25) is 0 Å². The first-order valence-electron chi connectivity index (χ1n) is 26.0. The van der Waals surface area contributed by atoms with Gasteiger partial charge in [-0.1, -0.05) is 217 Å². The summed E-state index contributed by atoms with van der Waals surface area (Å²) in [4.78, 5) is 24.4. The summed E-state index contributed by atoms with van der Waals surface area (Å²) in [5.74, 6) is -0.645. The Balaban J connectivity index is 3.66. The molecule has 5 heteroatoms. The van der Waals surface area contributed by atoms with Gasteiger partial charge >= 0.3 is 11.9 Å². The van der Waals surface area contributed by atoms with Crippen LogP contribution in [0.15, 0.2) is 158 Å². The predicted octanol–water partition coefficient (Wildman–Crippen LogP) is 17.6. The van der Waals surface area contributed by atoms with Gasteiger partial charge in [0.1, 0.15) is 6.61 Å². The van der Waals surface area contributed by atoms with Crippen LogP contribution in [-0.4, -0.2) is 36.4 Å². The fraction of sp³-hybridized carbons (Fsp3) is 0.541. The Bertz CT molecular complexity index is 1490. The van der Waals surface area contributed by atoms with E-state index in [-0.39, 0.29) is 25.2 Å². The minimum atomic E-state index is -0.801. The average Bonchev–Trinajstić information content (AvgIpc) is 3.32. The molecule has 0 amide bonds. The van der Waals surface area contributed by atoms with Crippen molar-refractivity contribution < 1.29 is 24.2 Å². The van der Waals surface area contributed by atoms with Crippen molar-refractivity contribution in [2.45, 2.75) is 200 Å². The molecule has 0 aromatic heterocycles. The highest BCUT2D eigenvalue weighted by atomic mass is 16.6. The van der Waals surface area contributed by atoms with E-state index in [2.05, 4.69) is 172 Å². The Hall–Kier alpha value is -4.48. The number of ether oxygens (including phenoxy) is 2. The first-order chi connectivity index (χ1) is 32.6. The normalized spacial score (nSPS) is 13.6. The average molecular weight is 907 g/mol. The molecule has 0 saturated carbocycles. The predicted molar refractivity (Wildman–Crippen MR) is 287 cm³/mol. The van der Waals surface area contributed by atoms with Crippen molar-refractivity contribution in [1.82, 2.24) is 0 Å². The van der Waals surface area contributed by atoms with Crippen molar-refractivity contribution in [3.63, 3.8) is 0 Å². The molecule has 0 saturated heterocycles. The zero-order valence-electron chi connectivity index (χ0n) is 41.9. The lowest BCUT2D eigenvalue weighted by Crippen LogP contribution is -2.28. The van der Waals surface area contributed by atoms with E-state index in [1.54, 1.807) is 0 Å². The summed E-state index contributed by atoms with van der Waals surface area (Å²) < 4.78 is 10.6. The zero-order valence-corrected chi connectivity index (χ0v) is 41.9. The molecule has 0 aliphatic carbocycles. The van der Waals surface area contributed by atoms with E-state index >= 15 is 0 Å². The highest BCUT2D eigenvalue weighted by molar-refractivity contribution is 5.70. The summed E-state index contributed by atoms with van der Waals surface area (Å²) in [5.41, 5.74) is 0. The number of aliphatic hydroxyl groups is 1. The fourth-order valence-corrected chi connectivity index (χ4v) is 6.48. The molecule has 0 radical (unpaired) electrons. The molecule has 0 bridgehead atoms. The van der Waals surface area contributed by atoms with Gasteiger partial charge in [-0.2, -0.15) is 0 Å². The lowest BCUT2D eigenvalue weighted by molar-refractivity contribution is -0.161. The molecule has 1 atom stereocenters. The number of hydrogen-bond donors (Lipinski definition) is 1. The quantitative estimate of drug-likeness (QED) is 0.0374. The Morgan fingerprint density at radius 1 is 0.348 bits per heavy atom. The number of aliphatic hydroxyl groups excluding tert-OH is 1. The van der Waals surface area contributed by atoms with E-state index in [1.807, 2.05) is 0 Å². The summed E-state index contributed by atoms with van der Waals surface area (Å²) >= 11 is 0. The molecule has 66 heavy (non-hydrogen) atoms. The van der Waals surface area contributed by atoms with Crippen molar-refractivity contribution >= 4 is 11.9 Å². The molecule has 0 fully saturated rings. The van der Waals surface area contributed by atoms with Crippen LogP contribution in [0.3, 0.4) is 0 Å². The van der Waals surface area contributed by atoms with Crippen LogP contribution in [0.4, 0.5) is 0 Å². The van der Waals surface area contributed by atoms with Gasteiger partial charge in [-0.05, 0) is 122 Å². The minimum absolute atomic E-state index is 0.0940. The van der Waals surface area contributed by atoms with E-state index in [0.717, 1.165) is 141 Å². The molecular weight excluding hydrogens is 813 g/mol. The smallest absolute Gasteiger partial charge is 0.306 e. The highest BCUT2D eigenvalue weighted by Crippen LogP contribution is 2.12. The van der Waals surface area contributed by atoms with Crippen LogP contribution in [0.1, 0.15) is 194 Å². The first-order valence-corrected chi connectivity index (χ1v) is 26.0. The van der Waals surface area contributed by atoms with Crippen LogP contribution >= 0.6 is 0 Å². The van der Waals surface area contributed by atoms with Gasteiger partial charge in [-0.3, -0.25) is 9.59 Å². The summed E-state index contributed by atoms with van der Waals surface area (Å²) in [5, 5.41) is 9.62. The third-order valence-corrected chi connectivity index (χ3v) is 10.3. The molecule has 1 N–H and O–H groups in total. The second kappa shape index (κ2) is 54.9. The molecule has 0 heterocycles.